The van der Waals surface area contributed by atoms with Gasteiger partial charge in [-0.2, -0.15) is 13.2 Å². The molecule has 3 nitrogen and oxygen atoms in total. The largest absolute Gasteiger partial charge is 0.416 e. The molecule has 0 aromatic carbocycles. The number of rotatable bonds is 3. The van der Waals surface area contributed by atoms with E-state index < -0.39 is 18.8 Å². The van der Waals surface area contributed by atoms with Crippen LogP contribution in [0.4, 0.5) is 13.2 Å². The molecule has 2 rings (SSSR count). The number of hydrogen-bond acceptors (Lipinski definition) is 2. The van der Waals surface area contributed by atoms with E-state index in [1.807, 2.05) is 0 Å². The molecule has 0 aliphatic heterocycles. The van der Waals surface area contributed by atoms with Crippen LogP contribution in [0.2, 0.25) is 0 Å². The van der Waals surface area contributed by atoms with E-state index in [2.05, 4.69) is 5.32 Å². The minimum Gasteiger partial charge on any atom is -0.382 e. The Morgan fingerprint density at radius 2 is 1.88 bits per heavy atom. The van der Waals surface area contributed by atoms with Gasteiger partial charge in [-0.15, -0.1) is 0 Å². The smallest absolute Gasteiger partial charge is 0.382 e. The van der Waals surface area contributed by atoms with Crippen molar-refractivity contribution in [3.8, 4) is 0 Å². The number of hydrogen-bond donors (Lipinski definition) is 2. The molecule has 1 amide bonds. The SMILES string of the molecule is O=C(NCC(O)C(F)(F)F)C1CC2CC2C1. The molecular weight excluding hydrogens is 223 g/mol. The third kappa shape index (κ3) is 2.48. The monoisotopic (exact) mass is 237 g/mol. The number of alkyl halides is 3. The first-order valence-corrected chi connectivity index (χ1v) is 5.40. The molecule has 0 spiro atoms. The summed E-state index contributed by atoms with van der Waals surface area (Å²) in [6.07, 6.45) is -4.38. The van der Waals surface area contributed by atoms with Crippen molar-refractivity contribution in [2.45, 2.75) is 31.5 Å². The Bertz CT molecular complexity index is 282. The van der Waals surface area contributed by atoms with Crippen LogP contribution in [0, 0.1) is 17.8 Å². The van der Waals surface area contributed by atoms with Gasteiger partial charge >= 0.3 is 6.18 Å². The minimum absolute atomic E-state index is 0.149. The second kappa shape index (κ2) is 3.91. The molecule has 0 saturated heterocycles. The molecule has 0 aromatic heterocycles. The van der Waals surface area contributed by atoms with Crippen LogP contribution in [-0.2, 0) is 4.79 Å². The fraction of sp³-hybridized carbons (Fsp3) is 0.900. The summed E-state index contributed by atoms with van der Waals surface area (Å²) in [6, 6.07) is 0. The lowest BCUT2D eigenvalue weighted by atomic mass is 10.0. The molecule has 0 radical (unpaired) electrons. The molecule has 2 aliphatic rings. The number of aliphatic hydroxyl groups is 1. The Morgan fingerprint density at radius 1 is 1.31 bits per heavy atom. The van der Waals surface area contributed by atoms with Crippen molar-refractivity contribution in [2.75, 3.05) is 6.54 Å². The van der Waals surface area contributed by atoms with Crippen molar-refractivity contribution in [3.63, 3.8) is 0 Å². The fourth-order valence-corrected chi connectivity index (χ4v) is 2.39. The molecule has 2 saturated carbocycles. The first-order chi connectivity index (χ1) is 7.38. The molecule has 2 aliphatic carbocycles. The normalized spacial score (nSPS) is 34.4. The van der Waals surface area contributed by atoms with Gasteiger partial charge in [-0.25, -0.2) is 0 Å². The van der Waals surface area contributed by atoms with Crippen LogP contribution in [0.25, 0.3) is 0 Å². The van der Waals surface area contributed by atoms with Crippen molar-refractivity contribution in [1.82, 2.24) is 5.32 Å². The molecular formula is C10H14F3NO2. The third-order valence-corrected chi connectivity index (χ3v) is 3.46. The average Bonchev–Trinajstić information content (AvgIpc) is 2.80. The molecule has 3 unspecified atom stereocenters. The molecule has 0 aromatic rings. The highest BCUT2D eigenvalue weighted by atomic mass is 19.4. The lowest BCUT2D eigenvalue weighted by molar-refractivity contribution is -0.202. The fourth-order valence-electron chi connectivity index (χ4n) is 2.39. The number of aliphatic hydroxyl groups excluding tert-OH is 1. The van der Waals surface area contributed by atoms with Crippen LogP contribution in [0.3, 0.4) is 0 Å². The highest BCUT2D eigenvalue weighted by Gasteiger charge is 2.48. The molecule has 92 valence electrons. The van der Waals surface area contributed by atoms with E-state index in [0.717, 1.165) is 19.3 Å². The van der Waals surface area contributed by atoms with Gasteiger partial charge in [-0.1, -0.05) is 0 Å². The molecule has 6 heteroatoms. The van der Waals surface area contributed by atoms with Gasteiger partial charge in [0.15, 0.2) is 6.10 Å². The van der Waals surface area contributed by atoms with Gasteiger partial charge in [-0.3, -0.25) is 4.79 Å². The quantitative estimate of drug-likeness (QED) is 0.771. The number of halogens is 3. The number of amides is 1. The van der Waals surface area contributed by atoms with E-state index in [1.54, 1.807) is 0 Å². The molecule has 16 heavy (non-hydrogen) atoms. The van der Waals surface area contributed by atoms with E-state index in [-0.39, 0.29) is 11.8 Å². The van der Waals surface area contributed by atoms with Crippen LogP contribution in [0.15, 0.2) is 0 Å². The van der Waals surface area contributed by atoms with Gasteiger partial charge in [0.25, 0.3) is 0 Å². The first kappa shape index (κ1) is 11.7. The van der Waals surface area contributed by atoms with E-state index in [1.165, 1.54) is 0 Å². The topological polar surface area (TPSA) is 49.3 Å². The standard InChI is InChI=1S/C10H14F3NO2/c11-10(12,13)8(15)4-14-9(16)7-2-5-1-6(5)3-7/h5-8,15H,1-4H2,(H,14,16). The lowest BCUT2D eigenvalue weighted by Gasteiger charge is -2.17. The maximum absolute atomic E-state index is 11.9. The highest BCUT2D eigenvalue weighted by Crippen LogP contribution is 2.54. The van der Waals surface area contributed by atoms with Crippen molar-refractivity contribution >= 4 is 5.91 Å². The van der Waals surface area contributed by atoms with Crippen LogP contribution >= 0.6 is 0 Å². The predicted molar refractivity (Wildman–Crippen MR) is 49.4 cm³/mol. The Kier molecular flexibility index (Phi) is 2.86. The van der Waals surface area contributed by atoms with Gasteiger partial charge in [0.2, 0.25) is 5.91 Å². The summed E-state index contributed by atoms with van der Waals surface area (Å²) in [7, 11) is 0. The summed E-state index contributed by atoms with van der Waals surface area (Å²) in [5.74, 6) is 0.728. The summed E-state index contributed by atoms with van der Waals surface area (Å²) in [5.41, 5.74) is 0. The summed E-state index contributed by atoms with van der Waals surface area (Å²) >= 11 is 0. The molecule has 3 atom stereocenters. The van der Waals surface area contributed by atoms with Crippen molar-refractivity contribution < 1.29 is 23.1 Å². The Balaban J connectivity index is 1.71. The number of nitrogens with one attached hydrogen (secondary N) is 1. The number of carbonyl (C=O) groups excluding carboxylic acids is 1. The maximum Gasteiger partial charge on any atom is 0.416 e. The third-order valence-electron chi connectivity index (χ3n) is 3.46. The Labute approximate surface area is 91.0 Å². The molecule has 0 heterocycles. The van der Waals surface area contributed by atoms with E-state index >= 15 is 0 Å². The van der Waals surface area contributed by atoms with E-state index in [0.29, 0.717) is 11.8 Å². The first-order valence-electron chi connectivity index (χ1n) is 5.40. The van der Waals surface area contributed by atoms with Crippen molar-refractivity contribution in [3.05, 3.63) is 0 Å². The number of fused-ring (bicyclic) bond motifs is 1. The summed E-state index contributed by atoms with van der Waals surface area (Å²) < 4.78 is 35.8. The Morgan fingerprint density at radius 3 is 2.38 bits per heavy atom. The zero-order valence-corrected chi connectivity index (χ0v) is 8.63. The summed E-state index contributed by atoms with van der Waals surface area (Å²) in [4.78, 5) is 11.5. The summed E-state index contributed by atoms with van der Waals surface area (Å²) in [6.45, 7) is -0.742. The van der Waals surface area contributed by atoms with Gasteiger partial charge in [0.1, 0.15) is 0 Å². The van der Waals surface area contributed by atoms with Gasteiger partial charge in [0, 0.05) is 5.92 Å². The van der Waals surface area contributed by atoms with Crippen LogP contribution in [-0.4, -0.2) is 29.8 Å². The van der Waals surface area contributed by atoms with Crippen LogP contribution < -0.4 is 5.32 Å². The second-order valence-corrected chi connectivity index (χ2v) is 4.73. The molecule has 2 N–H and O–H groups in total. The van der Waals surface area contributed by atoms with E-state index in [9.17, 15) is 18.0 Å². The maximum atomic E-state index is 11.9. The molecule has 0 bridgehead atoms. The van der Waals surface area contributed by atoms with E-state index in [4.69, 9.17) is 5.11 Å². The van der Waals surface area contributed by atoms with Crippen molar-refractivity contribution in [1.29, 1.82) is 0 Å². The predicted octanol–water partition coefficient (Wildman–Crippen LogP) is 1.07. The number of carbonyl (C=O) groups is 1. The van der Waals surface area contributed by atoms with Gasteiger partial charge in [0.05, 0.1) is 6.54 Å². The highest BCUT2D eigenvalue weighted by molar-refractivity contribution is 5.79. The Hall–Kier alpha value is -0.780. The van der Waals surface area contributed by atoms with Crippen molar-refractivity contribution in [2.24, 2.45) is 17.8 Å². The zero-order chi connectivity index (χ0) is 11.9. The van der Waals surface area contributed by atoms with Gasteiger partial charge in [-0.05, 0) is 31.1 Å². The van der Waals surface area contributed by atoms with Crippen LogP contribution in [0.1, 0.15) is 19.3 Å². The second-order valence-electron chi connectivity index (χ2n) is 4.73. The lowest BCUT2D eigenvalue weighted by Crippen LogP contribution is -2.42. The molecule has 2 fully saturated rings. The van der Waals surface area contributed by atoms with Gasteiger partial charge < -0.3 is 10.4 Å². The zero-order valence-electron chi connectivity index (χ0n) is 8.63. The van der Waals surface area contributed by atoms with Crippen LogP contribution in [0.5, 0.6) is 0 Å². The average molecular weight is 237 g/mol. The minimum atomic E-state index is -4.66. The summed E-state index contributed by atoms with van der Waals surface area (Å²) in [5, 5.41) is 10.9.